The van der Waals surface area contributed by atoms with E-state index in [1.54, 1.807) is 36.4 Å². The molecule has 0 radical (unpaired) electrons. The maximum absolute atomic E-state index is 11.8. The normalized spacial score (nSPS) is 12.8. The lowest BCUT2D eigenvalue weighted by Crippen LogP contribution is -2.30. The summed E-state index contributed by atoms with van der Waals surface area (Å²) in [7, 11) is 3.07. The first kappa shape index (κ1) is 19.6. The Bertz CT molecular complexity index is 715. The number of methoxy groups -OCH3 is 2. The monoisotopic (exact) mass is 360 g/mol. The Labute approximate surface area is 153 Å². The van der Waals surface area contributed by atoms with E-state index in [-0.39, 0.29) is 6.61 Å². The van der Waals surface area contributed by atoms with Crippen molar-refractivity contribution in [1.29, 1.82) is 0 Å². The van der Waals surface area contributed by atoms with Crippen LogP contribution in [0, 0.1) is 0 Å². The van der Waals surface area contributed by atoms with Gasteiger partial charge in [-0.1, -0.05) is 18.2 Å². The summed E-state index contributed by atoms with van der Waals surface area (Å²) >= 11 is 0. The zero-order chi connectivity index (χ0) is 18.9. The van der Waals surface area contributed by atoms with E-state index in [0.717, 1.165) is 6.29 Å². The minimum absolute atomic E-state index is 0.336. The molecule has 0 aliphatic rings. The Morgan fingerprint density at radius 2 is 1.69 bits per heavy atom. The number of aliphatic hydroxyl groups excluding tert-OH is 1. The molecule has 2 unspecified atom stereocenters. The second-order valence-electron chi connectivity index (χ2n) is 5.49. The van der Waals surface area contributed by atoms with E-state index in [4.69, 9.17) is 18.9 Å². The third-order valence-corrected chi connectivity index (χ3v) is 3.95. The van der Waals surface area contributed by atoms with Crippen LogP contribution >= 0.6 is 0 Å². The summed E-state index contributed by atoms with van der Waals surface area (Å²) in [6, 6.07) is 12.3. The van der Waals surface area contributed by atoms with Crippen LogP contribution in [0.3, 0.4) is 0 Å². The van der Waals surface area contributed by atoms with Gasteiger partial charge in [0.25, 0.3) is 0 Å². The number of hydrogen-bond acceptors (Lipinski definition) is 6. The van der Waals surface area contributed by atoms with Crippen LogP contribution in [0.1, 0.15) is 18.4 Å². The van der Waals surface area contributed by atoms with Gasteiger partial charge in [-0.3, -0.25) is 0 Å². The molecule has 0 aromatic heterocycles. The van der Waals surface area contributed by atoms with Crippen LogP contribution in [0.15, 0.2) is 42.5 Å². The summed E-state index contributed by atoms with van der Waals surface area (Å²) in [5.41, 5.74) is 0.661. The maximum Gasteiger partial charge on any atom is 0.161 e. The molecule has 2 atom stereocenters. The molecule has 0 spiro atoms. The molecule has 0 saturated carbocycles. The summed E-state index contributed by atoms with van der Waals surface area (Å²) < 4.78 is 22.0. The molecule has 2 rings (SSSR count). The fourth-order valence-electron chi connectivity index (χ4n) is 2.65. The van der Waals surface area contributed by atoms with Crippen molar-refractivity contribution in [3.63, 3.8) is 0 Å². The van der Waals surface area contributed by atoms with E-state index in [2.05, 4.69) is 0 Å². The van der Waals surface area contributed by atoms with Gasteiger partial charge in [-0.2, -0.15) is 0 Å². The molecular weight excluding hydrogens is 336 g/mol. The minimum atomic E-state index is -0.772. The molecule has 0 aliphatic heterocycles. The summed E-state index contributed by atoms with van der Waals surface area (Å²) in [5.74, 6) is 1.41. The van der Waals surface area contributed by atoms with Crippen LogP contribution in [0.2, 0.25) is 0 Å². The molecule has 0 aliphatic carbocycles. The molecule has 0 saturated heterocycles. The van der Waals surface area contributed by atoms with Crippen molar-refractivity contribution in [2.45, 2.75) is 18.9 Å². The van der Waals surface area contributed by atoms with Crippen LogP contribution in [0.5, 0.6) is 23.0 Å². The molecule has 0 heterocycles. The number of ether oxygens (including phenoxy) is 4. The number of para-hydroxylation sites is 2. The summed E-state index contributed by atoms with van der Waals surface area (Å²) in [4.78, 5) is 11.8. The van der Waals surface area contributed by atoms with Crippen molar-refractivity contribution in [1.82, 2.24) is 0 Å². The third kappa shape index (κ3) is 4.46. The lowest BCUT2D eigenvalue weighted by atomic mass is 9.94. The SMILES string of the molecule is CCOc1ccc(C(C=O)C(CO)Oc2ccccc2OC)cc1OC. The standard InChI is InChI=1S/C20H24O6/c1-4-25-17-10-9-14(11-19(17)24-3)15(12-21)20(13-22)26-18-8-6-5-7-16(18)23-2/h5-12,15,20,22H,4,13H2,1-3H3. The molecule has 0 amide bonds. The Morgan fingerprint density at radius 3 is 2.27 bits per heavy atom. The lowest BCUT2D eigenvalue weighted by molar-refractivity contribution is -0.111. The van der Waals surface area contributed by atoms with Crippen molar-refractivity contribution in [2.75, 3.05) is 27.4 Å². The molecule has 0 bridgehead atoms. The summed E-state index contributed by atoms with van der Waals surface area (Å²) in [5, 5.41) is 9.80. The van der Waals surface area contributed by atoms with Crippen LogP contribution in [-0.4, -0.2) is 44.9 Å². The minimum Gasteiger partial charge on any atom is -0.493 e. The largest absolute Gasteiger partial charge is 0.493 e. The van der Waals surface area contributed by atoms with Gasteiger partial charge in [-0.05, 0) is 36.8 Å². The summed E-state index contributed by atoms with van der Waals surface area (Å²) in [6.45, 7) is 2.05. The predicted octanol–water partition coefficient (Wildman–Crippen LogP) is 2.82. The van der Waals surface area contributed by atoms with Crippen molar-refractivity contribution in [3.8, 4) is 23.0 Å². The number of aliphatic hydroxyl groups is 1. The van der Waals surface area contributed by atoms with Gasteiger partial charge in [-0.25, -0.2) is 0 Å². The van der Waals surface area contributed by atoms with Gasteiger partial charge >= 0.3 is 0 Å². The number of carbonyl (C=O) groups excluding carboxylic acids is 1. The number of benzene rings is 2. The van der Waals surface area contributed by atoms with Crippen LogP contribution < -0.4 is 18.9 Å². The average molecular weight is 360 g/mol. The highest BCUT2D eigenvalue weighted by Crippen LogP contribution is 2.34. The first-order valence-corrected chi connectivity index (χ1v) is 8.35. The molecule has 140 valence electrons. The average Bonchev–Trinajstić information content (AvgIpc) is 2.69. The van der Waals surface area contributed by atoms with Crippen LogP contribution in [0.4, 0.5) is 0 Å². The molecule has 0 fully saturated rings. The quantitative estimate of drug-likeness (QED) is 0.657. The number of carbonyl (C=O) groups is 1. The topological polar surface area (TPSA) is 74.2 Å². The molecule has 6 heteroatoms. The molecule has 2 aromatic rings. The van der Waals surface area contributed by atoms with E-state index >= 15 is 0 Å². The van der Waals surface area contributed by atoms with Gasteiger partial charge in [0.1, 0.15) is 12.4 Å². The Hall–Kier alpha value is -2.73. The molecule has 6 nitrogen and oxygen atoms in total. The Kier molecular flexibility index (Phi) is 7.29. The maximum atomic E-state index is 11.8. The van der Waals surface area contributed by atoms with Gasteiger partial charge in [0.05, 0.1) is 33.4 Å². The van der Waals surface area contributed by atoms with Gasteiger partial charge < -0.3 is 28.8 Å². The smallest absolute Gasteiger partial charge is 0.161 e. The fraction of sp³-hybridized carbons (Fsp3) is 0.350. The van der Waals surface area contributed by atoms with Gasteiger partial charge in [0.2, 0.25) is 0 Å². The second kappa shape index (κ2) is 9.68. The fourth-order valence-corrected chi connectivity index (χ4v) is 2.65. The van der Waals surface area contributed by atoms with E-state index in [9.17, 15) is 9.90 Å². The van der Waals surface area contributed by atoms with Crippen LogP contribution in [0.25, 0.3) is 0 Å². The van der Waals surface area contributed by atoms with Gasteiger partial charge in [0.15, 0.2) is 23.0 Å². The van der Waals surface area contributed by atoms with Gasteiger partial charge in [-0.15, -0.1) is 0 Å². The summed E-state index contributed by atoms with van der Waals surface area (Å²) in [6.07, 6.45) is -0.0164. The van der Waals surface area contributed by atoms with Crippen molar-refractivity contribution < 1.29 is 28.8 Å². The van der Waals surface area contributed by atoms with Crippen molar-refractivity contribution >= 4 is 6.29 Å². The van der Waals surface area contributed by atoms with Crippen LogP contribution in [-0.2, 0) is 4.79 Å². The molecule has 26 heavy (non-hydrogen) atoms. The second-order valence-corrected chi connectivity index (χ2v) is 5.49. The van der Waals surface area contributed by atoms with Gasteiger partial charge in [0, 0.05) is 0 Å². The predicted molar refractivity (Wildman–Crippen MR) is 97.5 cm³/mol. The highest BCUT2D eigenvalue weighted by atomic mass is 16.5. The number of aldehydes is 1. The molecular formula is C20H24O6. The Balaban J connectivity index is 2.31. The van der Waals surface area contributed by atoms with E-state index in [0.29, 0.717) is 35.2 Å². The van der Waals surface area contributed by atoms with E-state index in [1.807, 2.05) is 13.0 Å². The molecule has 1 N–H and O–H groups in total. The highest BCUT2D eigenvalue weighted by molar-refractivity contribution is 5.65. The van der Waals surface area contributed by atoms with E-state index < -0.39 is 12.0 Å². The third-order valence-electron chi connectivity index (χ3n) is 3.95. The zero-order valence-corrected chi connectivity index (χ0v) is 15.2. The van der Waals surface area contributed by atoms with E-state index in [1.165, 1.54) is 14.2 Å². The first-order chi connectivity index (χ1) is 12.7. The lowest BCUT2D eigenvalue weighted by Gasteiger charge is -2.24. The zero-order valence-electron chi connectivity index (χ0n) is 15.2. The first-order valence-electron chi connectivity index (χ1n) is 8.35. The molecule has 2 aromatic carbocycles. The van der Waals surface area contributed by atoms with Crippen molar-refractivity contribution in [2.24, 2.45) is 0 Å². The number of hydrogen-bond donors (Lipinski definition) is 1. The Morgan fingerprint density at radius 1 is 1.00 bits per heavy atom. The highest BCUT2D eigenvalue weighted by Gasteiger charge is 2.26. The van der Waals surface area contributed by atoms with Crippen molar-refractivity contribution in [3.05, 3.63) is 48.0 Å². The number of rotatable bonds is 10.